The topological polar surface area (TPSA) is 73.9 Å². The summed E-state index contributed by atoms with van der Waals surface area (Å²) < 4.78 is 0. The molecule has 3 aromatic rings. The third-order valence-corrected chi connectivity index (χ3v) is 6.43. The van der Waals surface area contributed by atoms with E-state index in [2.05, 4.69) is 31.5 Å². The third kappa shape index (κ3) is 4.54. The van der Waals surface area contributed by atoms with Crippen molar-refractivity contribution in [1.82, 2.24) is 25.4 Å². The van der Waals surface area contributed by atoms with Crippen LogP contribution in [0.1, 0.15) is 48.9 Å². The number of pyridine rings is 1. The molecule has 0 bridgehead atoms. The minimum atomic E-state index is -0.00693. The molecule has 6 nitrogen and oxygen atoms in total. The smallest absolute Gasteiger partial charge is 0.251 e. The van der Waals surface area contributed by atoms with Crippen molar-refractivity contribution in [3.8, 4) is 11.3 Å². The van der Waals surface area contributed by atoms with Gasteiger partial charge in [0.15, 0.2) is 0 Å². The number of piperidine rings is 1. The number of benzene rings is 1. The van der Waals surface area contributed by atoms with Crippen LogP contribution in [-0.2, 0) is 0 Å². The summed E-state index contributed by atoms with van der Waals surface area (Å²) >= 11 is 0. The Hall–Kier alpha value is -2.99. The van der Waals surface area contributed by atoms with E-state index in [0.717, 1.165) is 54.6 Å². The van der Waals surface area contributed by atoms with Crippen molar-refractivity contribution in [3.05, 3.63) is 59.9 Å². The number of allylic oxidation sites excluding steroid dienone is 1. The molecule has 2 N–H and O–H groups in total. The highest BCUT2D eigenvalue weighted by molar-refractivity contribution is 6.01. The predicted octanol–water partition coefficient (Wildman–Crippen LogP) is 4.32. The number of amides is 1. The van der Waals surface area contributed by atoms with Crippen LogP contribution in [-0.4, -0.2) is 51.7 Å². The quantitative estimate of drug-likeness (QED) is 0.609. The lowest BCUT2D eigenvalue weighted by molar-refractivity contribution is 0.0907. The van der Waals surface area contributed by atoms with Crippen LogP contribution in [0, 0.1) is 0 Å². The number of aromatic amines is 1. The minimum Gasteiger partial charge on any atom is -0.348 e. The van der Waals surface area contributed by atoms with E-state index in [1.807, 2.05) is 30.3 Å². The van der Waals surface area contributed by atoms with E-state index in [-0.39, 0.29) is 11.9 Å². The zero-order valence-corrected chi connectivity index (χ0v) is 17.8. The number of hydrogen-bond donors (Lipinski definition) is 2. The molecule has 3 heterocycles. The normalized spacial score (nSPS) is 19.9. The lowest BCUT2D eigenvalue weighted by Gasteiger charge is -2.34. The van der Waals surface area contributed by atoms with Gasteiger partial charge in [-0.05, 0) is 75.4 Å². The molecule has 31 heavy (non-hydrogen) atoms. The lowest BCUT2D eigenvalue weighted by Crippen LogP contribution is -2.48. The van der Waals surface area contributed by atoms with Gasteiger partial charge in [-0.15, -0.1) is 0 Å². The van der Waals surface area contributed by atoms with E-state index >= 15 is 0 Å². The van der Waals surface area contributed by atoms with Gasteiger partial charge in [0.1, 0.15) is 5.69 Å². The number of aromatic nitrogens is 3. The second kappa shape index (κ2) is 9.02. The van der Waals surface area contributed by atoms with E-state index in [0.29, 0.717) is 5.56 Å². The maximum atomic E-state index is 13.0. The van der Waals surface area contributed by atoms with E-state index < -0.39 is 0 Å². The average Bonchev–Trinajstić information content (AvgIpc) is 3.24. The van der Waals surface area contributed by atoms with Crippen LogP contribution in [0.2, 0.25) is 0 Å². The van der Waals surface area contributed by atoms with Gasteiger partial charge < -0.3 is 5.32 Å². The zero-order chi connectivity index (χ0) is 21.0. The molecule has 1 aliphatic heterocycles. The Morgan fingerprint density at radius 3 is 2.90 bits per heavy atom. The van der Waals surface area contributed by atoms with Gasteiger partial charge in [-0.25, -0.2) is 0 Å². The Morgan fingerprint density at radius 1 is 1.16 bits per heavy atom. The molecular weight excluding hydrogens is 386 g/mol. The van der Waals surface area contributed by atoms with E-state index in [9.17, 15) is 4.79 Å². The van der Waals surface area contributed by atoms with Crippen LogP contribution < -0.4 is 5.32 Å². The Balaban J connectivity index is 1.28. The number of likely N-dealkylation sites (tertiary alicyclic amines) is 1. The van der Waals surface area contributed by atoms with Crippen molar-refractivity contribution in [1.29, 1.82) is 0 Å². The molecule has 1 aromatic carbocycles. The molecule has 5 rings (SSSR count). The molecule has 1 atom stereocenters. The van der Waals surface area contributed by atoms with Gasteiger partial charge in [0.25, 0.3) is 5.91 Å². The molecule has 1 amide bonds. The van der Waals surface area contributed by atoms with Gasteiger partial charge in [-0.3, -0.25) is 19.8 Å². The van der Waals surface area contributed by atoms with Crippen molar-refractivity contribution in [2.45, 2.75) is 44.6 Å². The Labute approximate surface area is 182 Å². The molecule has 0 spiro atoms. The summed E-state index contributed by atoms with van der Waals surface area (Å²) in [5.74, 6) is -0.00693. The average molecular weight is 416 g/mol. The molecule has 0 radical (unpaired) electrons. The maximum Gasteiger partial charge on any atom is 0.251 e. The first-order chi connectivity index (χ1) is 15.3. The Bertz CT molecular complexity index is 1090. The lowest BCUT2D eigenvalue weighted by atomic mass is 9.97. The standard InChI is InChI=1S/C25H29N5O/c31-25(27-21-7-4-14-30(17-21)16-18-5-2-1-3-6-18)20-8-9-23-22(15-20)24(29-28-23)19-10-12-26-13-11-19/h5,8-13,15,21H,1-4,6-7,14,16-17H2,(H,27,31)(H,28,29)/t21-/m1/s1. The first-order valence-electron chi connectivity index (χ1n) is 11.4. The van der Waals surface area contributed by atoms with Crippen molar-refractivity contribution < 1.29 is 4.79 Å². The SMILES string of the molecule is O=C(N[C@@H]1CCCN(CC2=CCCCC2)C1)c1ccc2[nH]nc(-c3ccncc3)c2c1. The second-order valence-corrected chi connectivity index (χ2v) is 8.72. The molecular formula is C25H29N5O. The largest absolute Gasteiger partial charge is 0.348 e. The summed E-state index contributed by atoms with van der Waals surface area (Å²) in [6.07, 6.45) is 13.2. The number of nitrogens with one attached hydrogen (secondary N) is 2. The van der Waals surface area contributed by atoms with Gasteiger partial charge >= 0.3 is 0 Å². The number of fused-ring (bicyclic) bond motifs is 1. The third-order valence-electron chi connectivity index (χ3n) is 6.43. The van der Waals surface area contributed by atoms with Crippen LogP contribution in [0.4, 0.5) is 0 Å². The fourth-order valence-corrected chi connectivity index (χ4v) is 4.81. The summed E-state index contributed by atoms with van der Waals surface area (Å²) in [6, 6.07) is 9.81. The monoisotopic (exact) mass is 415 g/mol. The van der Waals surface area contributed by atoms with Gasteiger partial charge in [0, 0.05) is 48.0 Å². The highest BCUT2D eigenvalue weighted by atomic mass is 16.1. The number of carbonyl (C=O) groups excluding carboxylic acids is 1. The van der Waals surface area contributed by atoms with Gasteiger partial charge in [0.05, 0.1) is 5.52 Å². The first-order valence-corrected chi connectivity index (χ1v) is 11.4. The van der Waals surface area contributed by atoms with Crippen molar-refractivity contribution >= 4 is 16.8 Å². The number of rotatable bonds is 5. The Kier molecular flexibility index (Phi) is 5.80. The van der Waals surface area contributed by atoms with Crippen molar-refractivity contribution in [2.75, 3.05) is 19.6 Å². The highest BCUT2D eigenvalue weighted by Gasteiger charge is 2.23. The molecule has 0 unspecified atom stereocenters. The number of carbonyl (C=O) groups is 1. The number of hydrogen-bond acceptors (Lipinski definition) is 4. The minimum absolute atomic E-state index is 0.00693. The first kappa shape index (κ1) is 19.9. The molecule has 6 heteroatoms. The van der Waals surface area contributed by atoms with Crippen LogP contribution in [0.15, 0.2) is 54.4 Å². The number of nitrogens with zero attached hydrogens (tertiary/aromatic N) is 3. The van der Waals surface area contributed by atoms with Crippen LogP contribution in [0.5, 0.6) is 0 Å². The van der Waals surface area contributed by atoms with Gasteiger partial charge in [-0.2, -0.15) is 5.10 Å². The molecule has 160 valence electrons. The summed E-state index contributed by atoms with van der Waals surface area (Å²) in [5.41, 5.74) is 5.01. The van der Waals surface area contributed by atoms with Crippen LogP contribution in [0.25, 0.3) is 22.2 Å². The van der Waals surface area contributed by atoms with Gasteiger partial charge in [0.2, 0.25) is 0 Å². The maximum absolute atomic E-state index is 13.0. The summed E-state index contributed by atoms with van der Waals surface area (Å²) in [4.78, 5) is 19.6. The molecule has 1 saturated heterocycles. The fourth-order valence-electron chi connectivity index (χ4n) is 4.81. The van der Waals surface area contributed by atoms with Gasteiger partial charge in [-0.1, -0.05) is 11.6 Å². The van der Waals surface area contributed by atoms with E-state index in [4.69, 9.17) is 0 Å². The summed E-state index contributed by atoms with van der Waals surface area (Å²) in [5, 5.41) is 11.7. The fraction of sp³-hybridized carbons (Fsp3) is 0.400. The zero-order valence-electron chi connectivity index (χ0n) is 17.8. The molecule has 1 fully saturated rings. The second-order valence-electron chi connectivity index (χ2n) is 8.72. The summed E-state index contributed by atoms with van der Waals surface area (Å²) in [6.45, 7) is 3.11. The highest BCUT2D eigenvalue weighted by Crippen LogP contribution is 2.27. The van der Waals surface area contributed by atoms with E-state index in [1.165, 1.54) is 25.7 Å². The Morgan fingerprint density at radius 2 is 2.06 bits per heavy atom. The van der Waals surface area contributed by atoms with Crippen LogP contribution in [0.3, 0.4) is 0 Å². The molecule has 2 aromatic heterocycles. The molecule has 0 saturated carbocycles. The summed E-state index contributed by atoms with van der Waals surface area (Å²) in [7, 11) is 0. The molecule has 2 aliphatic rings. The van der Waals surface area contributed by atoms with Crippen LogP contribution >= 0.6 is 0 Å². The number of H-pyrrole nitrogens is 1. The van der Waals surface area contributed by atoms with E-state index in [1.54, 1.807) is 18.0 Å². The van der Waals surface area contributed by atoms with Crippen molar-refractivity contribution in [2.24, 2.45) is 0 Å². The van der Waals surface area contributed by atoms with Crippen molar-refractivity contribution in [3.63, 3.8) is 0 Å². The predicted molar refractivity (Wildman–Crippen MR) is 123 cm³/mol. The molecule has 1 aliphatic carbocycles.